The molecule has 11 heteroatoms. The summed E-state index contributed by atoms with van der Waals surface area (Å²) in [7, 11) is 0. The fourth-order valence-corrected chi connectivity index (χ4v) is 6.50. The van der Waals surface area contributed by atoms with E-state index in [9.17, 15) is 14.0 Å². The van der Waals surface area contributed by atoms with E-state index < -0.39 is 0 Å². The number of amides is 2. The molecule has 8 nitrogen and oxygen atoms in total. The van der Waals surface area contributed by atoms with E-state index >= 15 is 0 Å². The molecule has 1 atom stereocenters. The quantitative estimate of drug-likeness (QED) is 0.190. The number of halogens is 1. The molecule has 1 unspecified atom stereocenters. The fourth-order valence-electron chi connectivity index (χ4n) is 4.95. The molecule has 0 spiro atoms. The van der Waals surface area contributed by atoms with Crippen molar-refractivity contribution in [2.24, 2.45) is 5.10 Å². The number of hydrogen-bond donors (Lipinski definition) is 1. The Labute approximate surface area is 262 Å². The first-order valence-corrected chi connectivity index (χ1v) is 15.9. The summed E-state index contributed by atoms with van der Waals surface area (Å²) < 4.78 is 15.5. The van der Waals surface area contributed by atoms with Crippen LogP contribution in [-0.2, 0) is 22.6 Å². The number of carbonyl (C=O) groups excluding carboxylic acids is 2. The maximum absolute atomic E-state index is 13.8. The third-order valence-electron chi connectivity index (χ3n) is 7.19. The van der Waals surface area contributed by atoms with E-state index in [1.807, 2.05) is 79.0 Å². The van der Waals surface area contributed by atoms with Gasteiger partial charge in [-0.05, 0) is 53.8 Å². The maximum atomic E-state index is 13.8. The third kappa shape index (κ3) is 6.79. The summed E-state index contributed by atoms with van der Waals surface area (Å²) in [6.45, 7) is 2.15. The number of aromatic nitrogens is 3. The van der Waals surface area contributed by atoms with Crippen LogP contribution in [0, 0.1) is 12.7 Å². The van der Waals surface area contributed by atoms with Crippen LogP contribution in [-0.4, -0.2) is 43.1 Å². The van der Waals surface area contributed by atoms with Gasteiger partial charge in [-0.1, -0.05) is 78.0 Å². The second-order valence-corrected chi connectivity index (χ2v) is 12.2. The van der Waals surface area contributed by atoms with E-state index in [1.165, 1.54) is 23.9 Å². The lowest BCUT2D eigenvalue weighted by Crippen LogP contribution is -2.28. The summed E-state index contributed by atoms with van der Waals surface area (Å²) in [5, 5.41) is 20.4. The normalized spacial score (nSPS) is 14.5. The number of thioether (sulfide) groups is 1. The Morgan fingerprint density at radius 3 is 2.48 bits per heavy atom. The lowest BCUT2D eigenvalue weighted by molar-refractivity contribution is -0.130. The second-order valence-electron chi connectivity index (χ2n) is 10.3. The zero-order chi connectivity index (χ0) is 30.5. The van der Waals surface area contributed by atoms with E-state index in [0.29, 0.717) is 23.1 Å². The van der Waals surface area contributed by atoms with Gasteiger partial charge in [-0.15, -0.1) is 21.5 Å². The predicted molar refractivity (Wildman–Crippen MR) is 170 cm³/mol. The molecular formula is C33H29FN6O2S2. The first kappa shape index (κ1) is 29.5. The highest BCUT2D eigenvalue weighted by Gasteiger charge is 2.33. The minimum Gasteiger partial charge on any atom is -0.348 e. The van der Waals surface area contributed by atoms with Gasteiger partial charge >= 0.3 is 0 Å². The summed E-state index contributed by atoms with van der Waals surface area (Å²) in [4.78, 5) is 27.4. The van der Waals surface area contributed by atoms with Crippen LogP contribution in [0.5, 0.6) is 0 Å². The number of nitrogens with one attached hydrogen (secondary N) is 1. The first-order chi connectivity index (χ1) is 21.4. The van der Waals surface area contributed by atoms with Crippen LogP contribution < -0.4 is 5.32 Å². The number of hydrazone groups is 1. The minimum atomic E-state index is -0.375. The summed E-state index contributed by atoms with van der Waals surface area (Å²) in [6.07, 6.45) is 0.853. The highest BCUT2D eigenvalue weighted by atomic mass is 32.2. The minimum absolute atomic E-state index is 0.0588. The van der Waals surface area contributed by atoms with E-state index in [4.69, 9.17) is 5.10 Å². The Kier molecular flexibility index (Phi) is 8.94. The van der Waals surface area contributed by atoms with Crippen molar-refractivity contribution < 1.29 is 14.0 Å². The van der Waals surface area contributed by atoms with Crippen molar-refractivity contribution in [3.63, 3.8) is 0 Å². The lowest BCUT2D eigenvalue weighted by atomic mass is 10.00. The third-order valence-corrected chi connectivity index (χ3v) is 9.03. The molecule has 5 aromatic rings. The van der Waals surface area contributed by atoms with Gasteiger partial charge in [-0.25, -0.2) is 9.40 Å². The van der Waals surface area contributed by atoms with Gasteiger partial charge in [0.25, 0.3) is 5.91 Å². The van der Waals surface area contributed by atoms with Gasteiger partial charge < -0.3 is 5.32 Å². The van der Waals surface area contributed by atoms with E-state index in [0.717, 1.165) is 27.3 Å². The highest BCUT2D eigenvalue weighted by molar-refractivity contribution is 7.99. The molecule has 0 saturated carbocycles. The van der Waals surface area contributed by atoms with Crippen LogP contribution >= 0.6 is 23.1 Å². The number of benzene rings is 3. The maximum Gasteiger partial charge on any atom is 0.253 e. The lowest BCUT2D eigenvalue weighted by Gasteiger charge is -2.22. The molecule has 3 heterocycles. The first-order valence-electron chi connectivity index (χ1n) is 14.1. The highest BCUT2D eigenvalue weighted by Crippen LogP contribution is 2.35. The number of thiophene rings is 1. The molecular weight excluding hydrogens is 596 g/mol. The molecule has 1 N–H and O–H groups in total. The number of carbonyl (C=O) groups is 2. The van der Waals surface area contributed by atoms with Crippen LogP contribution in [0.3, 0.4) is 0 Å². The largest absolute Gasteiger partial charge is 0.348 e. The molecule has 44 heavy (non-hydrogen) atoms. The van der Waals surface area contributed by atoms with Gasteiger partial charge in [0.2, 0.25) is 5.91 Å². The van der Waals surface area contributed by atoms with Crippen molar-refractivity contribution in [2.45, 2.75) is 37.5 Å². The Bertz CT molecular complexity index is 1770. The molecule has 0 aliphatic carbocycles. The molecule has 6 rings (SSSR count). The monoisotopic (exact) mass is 624 g/mol. The standard InChI is InChI=1S/C33H29FN6O2S2/c1-22-9-11-24(12-10-22)28-19-27(29-8-5-17-43-29)38-40(28)32(42)21-44-33-37-36-30(39(33)26-15-13-25(34)14-16-26)20-35-31(41)18-23-6-3-2-4-7-23/h2-17,28H,18-21H2,1H3,(H,35,41). The molecule has 0 fully saturated rings. The predicted octanol–water partition coefficient (Wildman–Crippen LogP) is 6.11. The van der Waals surface area contributed by atoms with Crippen LogP contribution in [0.1, 0.15) is 39.9 Å². The average Bonchev–Trinajstić information content (AvgIpc) is 3.81. The fraction of sp³-hybridized carbons (Fsp3) is 0.182. The number of rotatable bonds is 10. The summed E-state index contributed by atoms with van der Waals surface area (Å²) in [5.41, 5.74) is 4.57. The van der Waals surface area contributed by atoms with Gasteiger partial charge in [0.05, 0.1) is 35.3 Å². The summed E-state index contributed by atoms with van der Waals surface area (Å²) >= 11 is 2.82. The molecule has 222 valence electrons. The van der Waals surface area contributed by atoms with Gasteiger partial charge in [0, 0.05) is 12.1 Å². The van der Waals surface area contributed by atoms with Crippen LogP contribution in [0.2, 0.25) is 0 Å². The van der Waals surface area contributed by atoms with Crippen LogP contribution in [0.4, 0.5) is 4.39 Å². The van der Waals surface area contributed by atoms with E-state index in [1.54, 1.807) is 33.0 Å². The molecule has 0 saturated heterocycles. The Hall–Kier alpha value is -4.61. The van der Waals surface area contributed by atoms with E-state index in [2.05, 4.69) is 15.5 Å². The van der Waals surface area contributed by atoms with Gasteiger partial charge in [0.15, 0.2) is 11.0 Å². The van der Waals surface area contributed by atoms with Crippen LogP contribution in [0.25, 0.3) is 5.69 Å². The van der Waals surface area contributed by atoms with Crippen molar-refractivity contribution in [2.75, 3.05) is 5.75 Å². The Morgan fingerprint density at radius 2 is 1.75 bits per heavy atom. The second kappa shape index (κ2) is 13.4. The molecule has 1 aliphatic heterocycles. The Morgan fingerprint density at radius 1 is 0.977 bits per heavy atom. The molecule has 0 bridgehead atoms. The van der Waals surface area contributed by atoms with Crippen LogP contribution in [0.15, 0.2) is 107 Å². The van der Waals surface area contributed by atoms with Gasteiger partial charge in [-0.2, -0.15) is 5.10 Å². The topological polar surface area (TPSA) is 92.5 Å². The zero-order valence-electron chi connectivity index (χ0n) is 23.9. The molecule has 0 radical (unpaired) electrons. The molecule has 1 aliphatic rings. The Balaban J connectivity index is 1.21. The van der Waals surface area contributed by atoms with Crippen molar-refractivity contribution in [1.82, 2.24) is 25.1 Å². The average molecular weight is 625 g/mol. The number of nitrogens with zero attached hydrogens (tertiary/aromatic N) is 5. The van der Waals surface area contributed by atoms with E-state index in [-0.39, 0.29) is 42.4 Å². The van der Waals surface area contributed by atoms with Gasteiger partial charge in [0.1, 0.15) is 5.82 Å². The molecule has 2 aromatic heterocycles. The van der Waals surface area contributed by atoms with Crippen molar-refractivity contribution in [1.29, 1.82) is 0 Å². The summed E-state index contributed by atoms with van der Waals surface area (Å²) in [5.74, 6) is -0.184. The number of aryl methyl sites for hydroxylation is 1. The zero-order valence-corrected chi connectivity index (χ0v) is 25.5. The SMILES string of the molecule is Cc1ccc(C2CC(c3cccs3)=NN2C(=O)CSc2nnc(CNC(=O)Cc3ccccc3)n2-c2ccc(F)cc2)cc1. The van der Waals surface area contributed by atoms with Crippen molar-refractivity contribution in [3.05, 3.63) is 130 Å². The molecule has 3 aromatic carbocycles. The smallest absolute Gasteiger partial charge is 0.253 e. The van der Waals surface area contributed by atoms with Gasteiger partial charge in [-0.3, -0.25) is 14.2 Å². The van der Waals surface area contributed by atoms with Crippen molar-refractivity contribution >= 4 is 40.6 Å². The molecule has 2 amide bonds. The number of hydrogen-bond acceptors (Lipinski definition) is 7. The van der Waals surface area contributed by atoms with Crippen molar-refractivity contribution in [3.8, 4) is 5.69 Å². The summed E-state index contributed by atoms with van der Waals surface area (Å²) in [6, 6.07) is 27.4.